The topological polar surface area (TPSA) is 21.3 Å². The molecule has 0 aromatic heterocycles. The van der Waals surface area contributed by atoms with Gasteiger partial charge < -0.3 is 10.1 Å². The molecular formula is C14H20BrNO. The van der Waals surface area contributed by atoms with E-state index in [9.17, 15) is 0 Å². The van der Waals surface area contributed by atoms with Crippen molar-refractivity contribution >= 4 is 15.9 Å². The lowest BCUT2D eigenvalue weighted by atomic mass is 9.80. The summed E-state index contributed by atoms with van der Waals surface area (Å²) in [5.74, 6) is 0. The average Bonchev–Trinajstić information content (AvgIpc) is 2.27. The number of benzene rings is 1. The van der Waals surface area contributed by atoms with E-state index >= 15 is 0 Å². The number of hydrogen-bond donors (Lipinski definition) is 1. The zero-order chi connectivity index (χ0) is 12.3. The summed E-state index contributed by atoms with van der Waals surface area (Å²) in [7, 11) is 1.82. The molecule has 1 aliphatic carbocycles. The zero-order valence-electron chi connectivity index (χ0n) is 10.6. The molecule has 3 heteroatoms. The fourth-order valence-corrected chi connectivity index (χ4v) is 2.63. The van der Waals surface area contributed by atoms with E-state index in [1.165, 1.54) is 34.9 Å². The molecule has 1 aromatic rings. The second kappa shape index (κ2) is 5.51. The summed E-state index contributed by atoms with van der Waals surface area (Å²) < 4.78 is 6.77. The van der Waals surface area contributed by atoms with Gasteiger partial charge in [0.25, 0.3) is 0 Å². The molecule has 1 fully saturated rings. The molecule has 94 valence electrons. The summed E-state index contributed by atoms with van der Waals surface area (Å²) in [5, 5.41) is 3.50. The van der Waals surface area contributed by atoms with Gasteiger partial charge in [-0.3, -0.25) is 0 Å². The molecule has 0 amide bonds. The van der Waals surface area contributed by atoms with E-state index in [2.05, 4.69) is 46.4 Å². The third-order valence-electron chi connectivity index (χ3n) is 3.71. The minimum Gasteiger partial charge on any atom is -0.377 e. The van der Waals surface area contributed by atoms with E-state index in [0.717, 1.165) is 13.1 Å². The van der Waals surface area contributed by atoms with Crippen LogP contribution in [0.25, 0.3) is 0 Å². The fraction of sp³-hybridized carbons (Fsp3) is 0.571. The number of aryl methyl sites for hydroxylation is 1. The van der Waals surface area contributed by atoms with E-state index in [1.54, 1.807) is 0 Å². The van der Waals surface area contributed by atoms with Gasteiger partial charge in [-0.05, 0) is 43.4 Å². The largest absolute Gasteiger partial charge is 0.377 e. The van der Waals surface area contributed by atoms with Crippen LogP contribution in [-0.2, 0) is 11.3 Å². The highest BCUT2D eigenvalue weighted by molar-refractivity contribution is 9.10. The summed E-state index contributed by atoms with van der Waals surface area (Å²) in [6.07, 6.45) is 3.67. The highest BCUT2D eigenvalue weighted by atomic mass is 79.9. The van der Waals surface area contributed by atoms with E-state index in [1.807, 2.05) is 7.11 Å². The Bertz CT molecular complexity index is 382. The van der Waals surface area contributed by atoms with Gasteiger partial charge in [0.05, 0.1) is 5.60 Å². The van der Waals surface area contributed by atoms with Gasteiger partial charge in [0.2, 0.25) is 0 Å². The van der Waals surface area contributed by atoms with Crippen LogP contribution < -0.4 is 5.32 Å². The number of ether oxygens (including phenoxy) is 1. The lowest BCUT2D eigenvalue weighted by Gasteiger charge is -2.40. The molecular weight excluding hydrogens is 278 g/mol. The van der Waals surface area contributed by atoms with Crippen molar-refractivity contribution < 1.29 is 4.74 Å². The van der Waals surface area contributed by atoms with Crippen LogP contribution in [0.1, 0.15) is 30.4 Å². The molecule has 2 nitrogen and oxygen atoms in total. The summed E-state index contributed by atoms with van der Waals surface area (Å²) in [5.41, 5.74) is 2.70. The lowest BCUT2D eigenvalue weighted by molar-refractivity contribution is -0.0695. The monoisotopic (exact) mass is 297 g/mol. The minimum absolute atomic E-state index is 0.113. The summed E-state index contributed by atoms with van der Waals surface area (Å²) >= 11 is 3.56. The second-order valence-electron chi connectivity index (χ2n) is 4.93. The highest BCUT2D eigenvalue weighted by Crippen LogP contribution is 2.34. The molecule has 1 N–H and O–H groups in total. The maximum atomic E-state index is 5.58. The van der Waals surface area contributed by atoms with E-state index in [4.69, 9.17) is 4.74 Å². The van der Waals surface area contributed by atoms with Crippen LogP contribution in [0.4, 0.5) is 0 Å². The van der Waals surface area contributed by atoms with Crippen molar-refractivity contribution in [1.29, 1.82) is 0 Å². The average molecular weight is 298 g/mol. The third-order valence-corrected chi connectivity index (χ3v) is 4.56. The molecule has 17 heavy (non-hydrogen) atoms. The predicted molar refractivity (Wildman–Crippen MR) is 74.2 cm³/mol. The predicted octanol–water partition coefficient (Wildman–Crippen LogP) is 3.42. The molecule has 0 heterocycles. The Kier molecular flexibility index (Phi) is 4.23. The zero-order valence-corrected chi connectivity index (χ0v) is 12.1. The number of halogens is 1. The molecule has 0 saturated heterocycles. The number of hydrogen-bond acceptors (Lipinski definition) is 2. The van der Waals surface area contributed by atoms with E-state index < -0.39 is 0 Å². The molecule has 0 atom stereocenters. The van der Waals surface area contributed by atoms with Crippen molar-refractivity contribution in [2.75, 3.05) is 13.7 Å². The van der Waals surface area contributed by atoms with Gasteiger partial charge in [0.15, 0.2) is 0 Å². The first-order chi connectivity index (χ1) is 8.15. The fourth-order valence-electron chi connectivity index (χ4n) is 2.21. The van der Waals surface area contributed by atoms with Crippen molar-refractivity contribution in [1.82, 2.24) is 5.32 Å². The van der Waals surface area contributed by atoms with Crippen LogP contribution in [0.15, 0.2) is 22.7 Å². The van der Waals surface area contributed by atoms with Gasteiger partial charge in [-0.25, -0.2) is 0 Å². The third kappa shape index (κ3) is 3.09. The van der Waals surface area contributed by atoms with E-state index in [0.29, 0.717) is 0 Å². The summed E-state index contributed by atoms with van der Waals surface area (Å²) in [6.45, 7) is 3.97. The first kappa shape index (κ1) is 13.1. The van der Waals surface area contributed by atoms with Gasteiger partial charge in [-0.1, -0.05) is 28.1 Å². The molecule has 0 bridgehead atoms. The molecule has 1 saturated carbocycles. The maximum Gasteiger partial charge on any atom is 0.0802 e. The smallest absolute Gasteiger partial charge is 0.0802 e. The molecule has 0 radical (unpaired) electrons. The van der Waals surface area contributed by atoms with Crippen LogP contribution in [-0.4, -0.2) is 19.3 Å². The molecule has 1 aromatic carbocycles. The van der Waals surface area contributed by atoms with Crippen molar-refractivity contribution in [3.05, 3.63) is 33.8 Å². The first-order valence-electron chi connectivity index (χ1n) is 6.16. The Hall–Kier alpha value is -0.380. The van der Waals surface area contributed by atoms with Gasteiger partial charge >= 0.3 is 0 Å². The Morgan fingerprint density at radius 1 is 1.41 bits per heavy atom. The van der Waals surface area contributed by atoms with Gasteiger partial charge in [-0.15, -0.1) is 0 Å². The first-order valence-corrected chi connectivity index (χ1v) is 6.95. The Balaban J connectivity index is 1.83. The summed E-state index contributed by atoms with van der Waals surface area (Å²) in [4.78, 5) is 0. The van der Waals surface area contributed by atoms with Gasteiger partial charge in [0.1, 0.15) is 0 Å². The van der Waals surface area contributed by atoms with E-state index in [-0.39, 0.29) is 5.60 Å². The molecule has 1 aliphatic rings. The quantitative estimate of drug-likeness (QED) is 0.899. The van der Waals surface area contributed by atoms with Crippen LogP contribution in [0, 0.1) is 6.92 Å². The Labute approximate surface area is 112 Å². The number of methoxy groups -OCH3 is 1. The van der Waals surface area contributed by atoms with Crippen molar-refractivity contribution in [2.24, 2.45) is 0 Å². The summed E-state index contributed by atoms with van der Waals surface area (Å²) in [6, 6.07) is 6.51. The van der Waals surface area contributed by atoms with Crippen LogP contribution >= 0.6 is 15.9 Å². The molecule has 0 spiro atoms. The normalized spacial score (nSPS) is 17.8. The molecule has 0 aliphatic heterocycles. The SMILES string of the molecule is COC1(CNCc2ccc(C)c(Br)c2)CCC1. The minimum atomic E-state index is 0.113. The Morgan fingerprint density at radius 3 is 2.71 bits per heavy atom. The van der Waals surface area contributed by atoms with Crippen molar-refractivity contribution in [3.63, 3.8) is 0 Å². The highest BCUT2D eigenvalue weighted by Gasteiger charge is 2.36. The van der Waals surface area contributed by atoms with Crippen molar-refractivity contribution in [2.45, 2.75) is 38.3 Å². The lowest BCUT2D eigenvalue weighted by Crippen LogP contribution is -2.47. The standard InChI is InChI=1S/C14H20BrNO/c1-11-4-5-12(8-13(11)15)9-16-10-14(17-2)6-3-7-14/h4-5,8,16H,3,6-7,9-10H2,1-2H3. The van der Waals surface area contributed by atoms with Crippen molar-refractivity contribution in [3.8, 4) is 0 Å². The van der Waals surface area contributed by atoms with Crippen LogP contribution in [0.2, 0.25) is 0 Å². The molecule has 0 unspecified atom stereocenters. The van der Waals surface area contributed by atoms with Crippen LogP contribution in [0.5, 0.6) is 0 Å². The second-order valence-corrected chi connectivity index (χ2v) is 5.78. The van der Waals surface area contributed by atoms with Gasteiger partial charge in [-0.2, -0.15) is 0 Å². The maximum absolute atomic E-state index is 5.58. The van der Waals surface area contributed by atoms with Gasteiger partial charge in [0, 0.05) is 24.7 Å². The molecule has 2 rings (SSSR count). The number of rotatable bonds is 5. The number of nitrogens with one attached hydrogen (secondary N) is 1. The Morgan fingerprint density at radius 2 is 2.18 bits per heavy atom. The van der Waals surface area contributed by atoms with Crippen LogP contribution in [0.3, 0.4) is 0 Å².